The average molecular weight is 441 g/mol. The molecular formula is C33H28O. The smallest absolute Gasteiger partial charge is 0.116 e. The highest BCUT2D eigenvalue weighted by atomic mass is 16.3. The minimum Gasteiger partial charge on any atom is -0.508 e. The summed E-state index contributed by atoms with van der Waals surface area (Å²) in [6.45, 7) is 0. The Balaban J connectivity index is 1.70. The summed E-state index contributed by atoms with van der Waals surface area (Å²) in [6, 6.07) is 44.2. The van der Waals surface area contributed by atoms with Crippen LogP contribution in [0, 0.1) is 0 Å². The molecule has 0 aliphatic heterocycles. The first kappa shape index (κ1) is 21.7. The largest absolute Gasteiger partial charge is 0.508 e. The van der Waals surface area contributed by atoms with Crippen LogP contribution in [0.5, 0.6) is 5.75 Å². The zero-order valence-corrected chi connectivity index (χ0v) is 19.2. The molecule has 166 valence electrons. The van der Waals surface area contributed by atoms with Crippen molar-refractivity contribution in [1.29, 1.82) is 0 Å². The topological polar surface area (TPSA) is 20.2 Å². The maximum atomic E-state index is 10.2. The second-order valence-corrected chi connectivity index (χ2v) is 8.77. The molecule has 1 N–H and O–H groups in total. The van der Waals surface area contributed by atoms with Gasteiger partial charge in [0.2, 0.25) is 0 Å². The Labute approximate surface area is 202 Å². The van der Waals surface area contributed by atoms with Crippen molar-refractivity contribution in [2.24, 2.45) is 0 Å². The summed E-state index contributed by atoms with van der Waals surface area (Å²) in [6.07, 6.45) is 2.61. The molecule has 0 aliphatic carbocycles. The number of phenols is 1. The summed E-state index contributed by atoms with van der Waals surface area (Å²) in [4.78, 5) is 0. The van der Waals surface area contributed by atoms with Gasteiger partial charge in [-0.2, -0.15) is 0 Å². The van der Waals surface area contributed by atoms with Crippen molar-refractivity contribution in [2.75, 3.05) is 0 Å². The standard InChI is InChI=1S/C33H28O/c34-30-18-10-17-28(24-30)31-20-19-29(21-25-11-4-1-5-12-25)32(22-26-13-6-2-7-14-26)33(31)23-27-15-8-3-9-16-27/h1-20,24,34H,21-23H2. The molecule has 0 bridgehead atoms. The molecule has 34 heavy (non-hydrogen) atoms. The minimum absolute atomic E-state index is 0.293. The van der Waals surface area contributed by atoms with Crippen molar-refractivity contribution in [3.8, 4) is 16.9 Å². The van der Waals surface area contributed by atoms with Gasteiger partial charge >= 0.3 is 0 Å². The summed E-state index contributed by atoms with van der Waals surface area (Å²) in [5.74, 6) is 0.293. The Morgan fingerprint density at radius 2 is 0.971 bits per heavy atom. The lowest BCUT2D eigenvalue weighted by Crippen LogP contribution is -2.06. The molecule has 0 heterocycles. The Morgan fingerprint density at radius 1 is 0.441 bits per heavy atom. The molecule has 1 heteroatoms. The number of hydrogen-bond acceptors (Lipinski definition) is 1. The van der Waals surface area contributed by atoms with E-state index in [-0.39, 0.29) is 0 Å². The fraction of sp³-hybridized carbons (Fsp3) is 0.0909. The molecule has 0 spiro atoms. The first-order valence-electron chi connectivity index (χ1n) is 11.8. The molecule has 0 aromatic heterocycles. The van der Waals surface area contributed by atoms with Crippen molar-refractivity contribution in [3.05, 3.63) is 161 Å². The third-order valence-electron chi connectivity index (χ3n) is 6.37. The minimum atomic E-state index is 0.293. The molecule has 0 aliphatic rings. The van der Waals surface area contributed by atoms with Crippen LogP contribution in [0.3, 0.4) is 0 Å². The van der Waals surface area contributed by atoms with Crippen LogP contribution in [0.15, 0.2) is 127 Å². The number of aromatic hydroxyl groups is 1. The van der Waals surface area contributed by atoms with E-state index in [1.165, 1.54) is 38.9 Å². The lowest BCUT2D eigenvalue weighted by molar-refractivity contribution is 0.475. The van der Waals surface area contributed by atoms with E-state index in [4.69, 9.17) is 0 Å². The van der Waals surface area contributed by atoms with Crippen molar-refractivity contribution < 1.29 is 5.11 Å². The van der Waals surface area contributed by atoms with Crippen LogP contribution in [0.25, 0.3) is 11.1 Å². The van der Waals surface area contributed by atoms with Gasteiger partial charge in [-0.1, -0.05) is 115 Å². The quantitative estimate of drug-likeness (QED) is 0.273. The van der Waals surface area contributed by atoms with Gasteiger partial charge in [-0.05, 0) is 75.9 Å². The van der Waals surface area contributed by atoms with Gasteiger partial charge in [-0.25, -0.2) is 0 Å². The summed E-state index contributed by atoms with van der Waals surface area (Å²) < 4.78 is 0. The van der Waals surface area contributed by atoms with E-state index in [9.17, 15) is 5.11 Å². The van der Waals surface area contributed by atoms with Crippen LogP contribution in [0.2, 0.25) is 0 Å². The highest BCUT2D eigenvalue weighted by Crippen LogP contribution is 2.34. The number of rotatable bonds is 7. The maximum absolute atomic E-state index is 10.2. The molecule has 5 aromatic rings. The van der Waals surface area contributed by atoms with Crippen LogP contribution < -0.4 is 0 Å². The van der Waals surface area contributed by atoms with Gasteiger partial charge in [0.15, 0.2) is 0 Å². The molecule has 5 rings (SSSR count). The summed E-state index contributed by atoms with van der Waals surface area (Å²) >= 11 is 0. The van der Waals surface area contributed by atoms with Gasteiger partial charge in [0.25, 0.3) is 0 Å². The second kappa shape index (κ2) is 10.2. The van der Waals surface area contributed by atoms with Gasteiger partial charge in [0.05, 0.1) is 0 Å². The Kier molecular flexibility index (Phi) is 6.54. The number of phenolic OH excluding ortho intramolecular Hbond substituents is 1. The van der Waals surface area contributed by atoms with Gasteiger partial charge in [0, 0.05) is 0 Å². The molecule has 0 fully saturated rings. The molecule has 5 aromatic carbocycles. The molecule has 0 saturated heterocycles. The number of benzene rings is 5. The van der Waals surface area contributed by atoms with Crippen LogP contribution in [-0.4, -0.2) is 5.11 Å². The van der Waals surface area contributed by atoms with Gasteiger partial charge < -0.3 is 5.11 Å². The highest BCUT2D eigenvalue weighted by Gasteiger charge is 2.17. The van der Waals surface area contributed by atoms with E-state index in [0.29, 0.717) is 5.75 Å². The first-order chi connectivity index (χ1) is 16.8. The molecular weight excluding hydrogens is 412 g/mol. The predicted octanol–water partition coefficient (Wildman–Crippen LogP) is 7.83. The van der Waals surface area contributed by atoms with E-state index in [1.54, 1.807) is 6.07 Å². The van der Waals surface area contributed by atoms with E-state index in [2.05, 4.69) is 109 Å². The average Bonchev–Trinajstić information content (AvgIpc) is 2.88. The molecule has 0 amide bonds. The van der Waals surface area contributed by atoms with Crippen LogP contribution in [-0.2, 0) is 19.3 Å². The molecule has 0 radical (unpaired) electrons. The number of hydrogen-bond donors (Lipinski definition) is 1. The Bertz CT molecular complexity index is 1360. The zero-order valence-electron chi connectivity index (χ0n) is 19.2. The highest BCUT2D eigenvalue weighted by molar-refractivity contribution is 5.72. The van der Waals surface area contributed by atoms with E-state index >= 15 is 0 Å². The molecule has 0 saturated carbocycles. The van der Waals surface area contributed by atoms with E-state index < -0.39 is 0 Å². The van der Waals surface area contributed by atoms with Gasteiger partial charge in [-0.15, -0.1) is 0 Å². The van der Waals surface area contributed by atoms with E-state index in [0.717, 1.165) is 24.8 Å². The second-order valence-electron chi connectivity index (χ2n) is 8.77. The fourth-order valence-corrected chi connectivity index (χ4v) is 4.69. The summed E-state index contributed by atoms with van der Waals surface area (Å²) in [7, 11) is 0. The molecule has 0 unspecified atom stereocenters. The van der Waals surface area contributed by atoms with Crippen molar-refractivity contribution in [2.45, 2.75) is 19.3 Å². The third-order valence-corrected chi connectivity index (χ3v) is 6.37. The van der Waals surface area contributed by atoms with Crippen molar-refractivity contribution in [1.82, 2.24) is 0 Å². The predicted molar refractivity (Wildman–Crippen MR) is 141 cm³/mol. The summed E-state index contributed by atoms with van der Waals surface area (Å²) in [5.41, 5.74) is 10.2. The monoisotopic (exact) mass is 440 g/mol. The van der Waals surface area contributed by atoms with Crippen LogP contribution in [0.1, 0.15) is 33.4 Å². The lowest BCUT2D eigenvalue weighted by Gasteiger charge is -2.20. The van der Waals surface area contributed by atoms with E-state index in [1.807, 2.05) is 12.1 Å². The Morgan fingerprint density at radius 3 is 1.53 bits per heavy atom. The zero-order chi connectivity index (χ0) is 23.2. The third kappa shape index (κ3) is 5.10. The van der Waals surface area contributed by atoms with Gasteiger partial charge in [0.1, 0.15) is 5.75 Å². The Hall–Kier alpha value is -4.10. The lowest BCUT2D eigenvalue weighted by atomic mass is 9.84. The maximum Gasteiger partial charge on any atom is 0.116 e. The van der Waals surface area contributed by atoms with Crippen molar-refractivity contribution >= 4 is 0 Å². The molecule has 0 atom stereocenters. The van der Waals surface area contributed by atoms with Gasteiger partial charge in [-0.3, -0.25) is 0 Å². The fourth-order valence-electron chi connectivity index (χ4n) is 4.69. The molecule has 1 nitrogen and oxygen atoms in total. The first-order valence-corrected chi connectivity index (χ1v) is 11.8. The van der Waals surface area contributed by atoms with Crippen molar-refractivity contribution in [3.63, 3.8) is 0 Å². The SMILES string of the molecule is Oc1cccc(-c2ccc(Cc3ccccc3)c(Cc3ccccc3)c2Cc2ccccc2)c1. The van der Waals surface area contributed by atoms with Crippen LogP contribution in [0.4, 0.5) is 0 Å². The normalized spacial score (nSPS) is 10.8. The van der Waals surface area contributed by atoms with Crippen LogP contribution >= 0.6 is 0 Å². The summed E-state index contributed by atoms with van der Waals surface area (Å²) in [5, 5.41) is 10.2.